The second kappa shape index (κ2) is 4.32. The van der Waals surface area contributed by atoms with E-state index in [1.807, 2.05) is 18.2 Å². The summed E-state index contributed by atoms with van der Waals surface area (Å²) in [6, 6.07) is 5.84. The second-order valence-corrected chi connectivity index (χ2v) is 4.81. The zero-order valence-electron chi connectivity index (χ0n) is 8.67. The van der Waals surface area contributed by atoms with Crippen LogP contribution in [-0.4, -0.2) is 17.8 Å². The highest BCUT2D eigenvalue weighted by molar-refractivity contribution is 9.10. The number of hydrogen-bond donors (Lipinski definition) is 1. The summed E-state index contributed by atoms with van der Waals surface area (Å²) in [6.07, 6.45) is 0.622. The van der Waals surface area contributed by atoms with Gasteiger partial charge < -0.3 is 9.84 Å². The Balaban J connectivity index is 2.90. The monoisotopic (exact) mass is 258 g/mol. The van der Waals surface area contributed by atoms with Gasteiger partial charge in [0.05, 0.1) is 17.2 Å². The van der Waals surface area contributed by atoms with Gasteiger partial charge in [-0.1, -0.05) is 6.07 Å². The van der Waals surface area contributed by atoms with Gasteiger partial charge in [-0.25, -0.2) is 0 Å². The van der Waals surface area contributed by atoms with Crippen LogP contribution in [0.4, 0.5) is 0 Å². The van der Waals surface area contributed by atoms with Gasteiger partial charge in [-0.15, -0.1) is 0 Å². The van der Waals surface area contributed by atoms with Gasteiger partial charge in [-0.3, -0.25) is 0 Å². The molecular formula is C11H15BrO2. The standard InChI is InChI=1S/C11H15BrO2/c1-11(2,13)7-8-4-5-9(12)10(6-8)14-3/h4-6,13H,7H2,1-3H3. The fourth-order valence-corrected chi connectivity index (χ4v) is 1.72. The number of rotatable bonds is 3. The lowest BCUT2D eigenvalue weighted by atomic mass is 9.99. The number of methoxy groups -OCH3 is 1. The molecule has 0 aliphatic heterocycles. The number of aliphatic hydroxyl groups is 1. The first-order chi connectivity index (χ1) is 6.42. The SMILES string of the molecule is COc1cc(CC(C)(C)O)ccc1Br. The average molecular weight is 259 g/mol. The van der Waals surface area contributed by atoms with Gasteiger partial charge in [0, 0.05) is 6.42 Å². The molecule has 0 fully saturated rings. The molecule has 0 aliphatic rings. The quantitative estimate of drug-likeness (QED) is 0.904. The number of halogens is 1. The van der Waals surface area contributed by atoms with Crippen molar-refractivity contribution in [2.24, 2.45) is 0 Å². The summed E-state index contributed by atoms with van der Waals surface area (Å²) in [7, 11) is 1.63. The van der Waals surface area contributed by atoms with Crippen molar-refractivity contribution in [3.05, 3.63) is 28.2 Å². The topological polar surface area (TPSA) is 29.5 Å². The van der Waals surface area contributed by atoms with Crippen molar-refractivity contribution in [2.45, 2.75) is 25.9 Å². The van der Waals surface area contributed by atoms with Crippen LogP contribution >= 0.6 is 15.9 Å². The molecule has 0 saturated heterocycles. The summed E-state index contributed by atoms with van der Waals surface area (Å²) in [4.78, 5) is 0. The third-order valence-electron chi connectivity index (χ3n) is 1.85. The van der Waals surface area contributed by atoms with Gasteiger partial charge in [0.15, 0.2) is 0 Å². The first-order valence-corrected chi connectivity index (χ1v) is 5.26. The summed E-state index contributed by atoms with van der Waals surface area (Å²) < 4.78 is 6.10. The third kappa shape index (κ3) is 3.31. The third-order valence-corrected chi connectivity index (χ3v) is 2.51. The largest absolute Gasteiger partial charge is 0.496 e. The van der Waals surface area contributed by atoms with Crippen molar-refractivity contribution < 1.29 is 9.84 Å². The molecule has 0 spiro atoms. The van der Waals surface area contributed by atoms with Crippen molar-refractivity contribution in [1.29, 1.82) is 0 Å². The van der Waals surface area contributed by atoms with E-state index in [4.69, 9.17) is 4.74 Å². The fraction of sp³-hybridized carbons (Fsp3) is 0.455. The molecule has 1 aromatic carbocycles. The summed E-state index contributed by atoms with van der Waals surface area (Å²) in [5.41, 5.74) is 0.385. The van der Waals surface area contributed by atoms with E-state index in [1.165, 1.54) is 0 Å². The van der Waals surface area contributed by atoms with Gasteiger partial charge in [0.1, 0.15) is 5.75 Å². The minimum absolute atomic E-state index is 0.622. The lowest BCUT2D eigenvalue weighted by Crippen LogP contribution is -2.21. The molecule has 3 heteroatoms. The Hall–Kier alpha value is -0.540. The first kappa shape index (κ1) is 11.5. The molecule has 0 saturated carbocycles. The highest BCUT2D eigenvalue weighted by Gasteiger charge is 2.14. The average Bonchev–Trinajstić information content (AvgIpc) is 2.06. The molecule has 0 unspecified atom stereocenters. The van der Waals surface area contributed by atoms with E-state index >= 15 is 0 Å². The summed E-state index contributed by atoms with van der Waals surface area (Å²) in [5, 5.41) is 9.65. The van der Waals surface area contributed by atoms with Crippen LogP contribution in [0.1, 0.15) is 19.4 Å². The zero-order chi connectivity index (χ0) is 10.8. The molecule has 0 radical (unpaired) electrons. The van der Waals surface area contributed by atoms with Crippen LogP contribution in [0.2, 0.25) is 0 Å². The van der Waals surface area contributed by atoms with Crippen LogP contribution in [0.15, 0.2) is 22.7 Å². The van der Waals surface area contributed by atoms with Crippen LogP contribution in [0.5, 0.6) is 5.75 Å². The molecule has 78 valence electrons. The van der Waals surface area contributed by atoms with Gasteiger partial charge in [0.2, 0.25) is 0 Å². The van der Waals surface area contributed by atoms with Crippen LogP contribution in [0, 0.1) is 0 Å². The van der Waals surface area contributed by atoms with E-state index in [9.17, 15) is 5.11 Å². The van der Waals surface area contributed by atoms with Crippen molar-refractivity contribution in [3.8, 4) is 5.75 Å². The number of ether oxygens (including phenoxy) is 1. The second-order valence-electron chi connectivity index (χ2n) is 3.96. The Morgan fingerprint density at radius 1 is 1.43 bits per heavy atom. The Bertz CT molecular complexity index is 316. The Labute approximate surface area is 93.0 Å². The lowest BCUT2D eigenvalue weighted by molar-refractivity contribution is 0.0809. The molecule has 0 aliphatic carbocycles. The van der Waals surface area contributed by atoms with Crippen LogP contribution in [0.25, 0.3) is 0 Å². The fourth-order valence-electron chi connectivity index (χ4n) is 1.31. The van der Waals surface area contributed by atoms with Crippen molar-refractivity contribution in [3.63, 3.8) is 0 Å². The summed E-state index contributed by atoms with van der Waals surface area (Å²) in [6.45, 7) is 3.59. The molecule has 1 N–H and O–H groups in total. The Kier molecular flexibility index (Phi) is 3.56. The molecular weight excluding hydrogens is 244 g/mol. The Morgan fingerprint density at radius 3 is 2.57 bits per heavy atom. The van der Waals surface area contributed by atoms with Gasteiger partial charge in [-0.2, -0.15) is 0 Å². The molecule has 0 bridgehead atoms. The maximum absolute atomic E-state index is 9.65. The predicted octanol–water partition coefficient (Wildman–Crippen LogP) is 2.77. The molecule has 1 rings (SSSR count). The maximum Gasteiger partial charge on any atom is 0.133 e. The van der Waals surface area contributed by atoms with E-state index in [0.29, 0.717) is 6.42 Å². The van der Waals surface area contributed by atoms with Crippen molar-refractivity contribution in [2.75, 3.05) is 7.11 Å². The Morgan fingerprint density at radius 2 is 2.07 bits per heavy atom. The highest BCUT2D eigenvalue weighted by Crippen LogP contribution is 2.27. The van der Waals surface area contributed by atoms with Crippen molar-refractivity contribution >= 4 is 15.9 Å². The van der Waals surface area contributed by atoms with E-state index in [0.717, 1.165) is 15.8 Å². The minimum Gasteiger partial charge on any atom is -0.496 e. The molecule has 0 amide bonds. The van der Waals surface area contributed by atoms with E-state index in [2.05, 4.69) is 15.9 Å². The van der Waals surface area contributed by atoms with Gasteiger partial charge >= 0.3 is 0 Å². The van der Waals surface area contributed by atoms with Crippen LogP contribution < -0.4 is 4.74 Å². The van der Waals surface area contributed by atoms with E-state index in [-0.39, 0.29) is 0 Å². The van der Waals surface area contributed by atoms with Gasteiger partial charge in [-0.05, 0) is 47.5 Å². The number of benzene rings is 1. The maximum atomic E-state index is 9.65. The van der Waals surface area contributed by atoms with Gasteiger partial charge in [0.25, 0.3) is 0 Å². The van der Waals surface area contributed by atoms with E-state index in [1.54, 1.807) is 21.0 Å². The smallest absolute Gasteiger partial charge is 0.133 e. The molecule has 0 aromatic heterocycles. The van der Waals surface area contributed by atoms with E-state index < -0.39 is 5.60 Å². The highest BCUT2D eigenvalue weighted by atomic mass is 79.9. The zero-order valence-corrected chi connectivity index (χ0v) is 10.3. The predicted molar refractivity (Wildman–Crippen MR) is 60.7 cm³/mol. The van der Waals surface area contributed by atoms with Crippen LogP contribution in [-0.2, 0) is 6.42 Å². The molecule has 0 heterocycles. The number of hydrogen-bond acceptors (Lipinski definition) is 2. The normalized spacial score (nSPS) is 11.5. The van der Waals surface area contributed by atoms with Crippen molar-refractivity contribution in [1.82, 2.24) is 0 Å². The lowest BCUT2D eigenvalue weighted by Gasteiger charge is -2.17. The molecule has 0 atom stereocenters. The molecule has 14 heavy (non-hydrogen) atoms. The molecule has 2 nitrogen and oxygen atoms in total. The first-order valence-electron chi connectivity index (χ1n) is 4.47. The van der Waals surface area contributed by atoms with Crippen LogP contribution in [0.3, 0.4) is 0 Å². The minimum atomic E-state index is -0.682. The molecule has 1 aromatic rings. The summed E-state index contributed by atoms with van der Waals surface area (Å²) >= 11 is 3.38. The summed E-state index contributed by atoms with van der Waals surface area (Å²) in [5.74, 6) is 0.798.